The molecule has 0 aliphatic heterocycles. The Kier molecular flexibility index (Phi) is 6.16. The SMILES string of the molecule is CCc1nccc(-c2ccc(Cl)c(C(=O)NC)c2)c1C#Cc1ccc(N)nc1C. The van der Waals surface area contributed by atoms with Crippen LogP contribution < -0.4 is 11.1 Å². The van der Waals surface area contributed by atoms with Gasteiger partial charge in [0, 0.05) is 24.4 Å². The summed E-state index contributed by atoms with van der Waals surface area (Å²) in [5, 5.41) is 3.01. The van der Waals surface area contributed by atoms with Crippen LogP contribution in [0.5, 0.6) is 0 Å². The molecular formula is C23H21ClN4O. The number of hydrogen-bond donors (Lipinski definition) is 2. The fourth-order valence-electron chi connectivity index (χ4n) is 3.00. The minimum absolute atomic E-state index is 0.238. The van der Waals surface area contributed by atoms with Crippen LogP contribution >= 0.6 is 11.6 Å². The Morgan fingerprint density at radius 3 is 2.69 bits per heavy atom. The van der Waals surface area contributed by atoms with Crippen molar-refractivity contribution in [1.82, 2.24) is 15.3 Å². The third kappa shape index (κ3) is 4.39. The van der Waals surface area contributed by atoms with Gasteiger partial charge in [0.15, 0.2) is 0 Å². The molecule has 3 aromatic rings. The van der Waals surface area contributed by atoms with E-state index in [1.54, 1.807) is 31.4 Å². The zero-order valence-corrected chi connectivity index (χ0v) is 17.3. The molecule has 0 aliphatic rings. The molecule has 1 aromatic carbocycles. The van der Waals surface area contributed by atoms with Gasteiger partial charge in [0.1, 0.15) is 5.82 Å². The first-order chi connectivity index (χ1) is 13.9. The van der Waals surface area contributed by atoms with Gasteiger partial charge in [-0.3, -0.25) is 9.78 Å². The first-order valence-corrected chi connectivity index (χ1v) is 9.57. The van der Waals surface area contributed by atoms with Gasteiger partial charge < -0.3 is 11.1 Å². The highest BCUT2D eigenvalue weighted by atomic mass is 35.5. The van der Waals surface area contributed by atoms with Gasteiger partial charge in [-0.25, -0.2) is 4.98 Å². The second-order valence-corrected chi connectivity index (χ2v) is 6.83. The van der Waals surface area contributed by atoms with Crippen molar-refractivity contribution in [3.63, 3.8) is 0 Å². The average molecular weight is 405 g/mol. The normalized spacial score (nSPS) is 10.2. The molecule has 3 N–H and O–H groups in total. The maximum absolute atomic E-state index is 12.1. The van der Waals surface area contributed by atoms with E-state index in [2.05, 4.69) is 27.1 Å². The zero-order valence-electron chi connectivity index (χ0n) is 16.5. The average Bonchev–Trinajstić information content (AvgIpc) is 2.72. The van der Waals surface area contributed by atoms with E-state index in [9.17, 15) is 4.79 Å². The minimum atomic E-state index is -0.238. The molecule has 6 heteroatoms. The quantitative estimate of drug-likeness (QED) is 0.646. The summed E-state index contributed by atoms with van der Waals surface area (Å²) in [7, 11) is 1.58. The molecule has 0 spiro atoms. The Balaban J connectivity index is 2.16. The second-order valence-electron chi connectivity index (χ2n) is 6.43. The molecule has 29 heavy (non-hydrogen) atoms. The number of benzene rings is 1. The van der Waals surface area contributed by atoms with Crippen molar-refractivity contribution in [3.8, 4) is 23.0 Å². The van der Waals surface area contributed by atoms with Gasteiger partial charge in [-0.1, -0.05) is 36.4 Å². The van der Waals surface area contributed by atoms with Gasteiger partial charge >= 0.3 is 0 Å². The minimum Gasteiger partial charge on any atom is -0.384 e. The number of nitrogens with zero attached hydrogens (tertiary/aromatic N) is 2. The van der Waals surface area contributed by atoms with E-state index in [4.69, 9.17) is 17.3 Å². The standard InChI is InChI=1S/C23H21ClN4O/c1-4-21-18(8-5-15-7-10-22(25)28-14(15)2)17(11-12-27-21)16-6-9-20(24)19(13-16)23(29)26-3/h6-7,9-13H,4H2,1-3H3,(H2,25,28)(H,26,29). The second kappa shape index (κ2) is 8.76. The zero-order chi connectivity index (χ0) is 21.0. The van der Waals surface area contributed by atoms with E-state index >= 15 is 0 Å². The van der Waals surface area contributed by atoms with E-state index in [1.165, 1.54) is 0 Å². The molecule has 3 rings (SSSR count). The molecule has 2 aromatic heterocycles. The number of carbonyl (C=O) groups is 1. The third-order valence-corrected chi connectivity index (χ3v) is 4.87. The number of anilines is 1. The van der Waals surface area contributed by atoms with Gasteiger partial charge in [-0.2, -0.15) is 0 Å². The molecule has 0 aliphatic carbocycles. The number of halogens is 1. The Labute approximate surface area is 175 Å². The fraction of sp³-hybridized carbons (Fsp3) is 0.174. The molecule has 2 heterocycles. The van der Waals surface area contributed by atoms with Gasteiger partial charge in [0.25, 0.3) is 5.91 Å². The maximum Gasteiger partial charge on any atom is 0.252 e. The van der Waals surface area contributed by atoms with E-state index in [0.29, 0.717) is 16.4 Å². The Morgan fingerprint density at radius 1 is 1.21 bits per heavy atom. The van der Waals surface area contributed by atoms with Crippen LogP contribution in [0.25, 0.3) is 11.1 Å². The first kappa shape index (κ1) is 20.4. The number of aromatic nitrogens is 2. The lowest BCUT2D eigenvalue weighted by atomic mass is 9.96. The van der Waals surface area contributed by atoms with Crippen LogP contribution in [0.2, 0.25) is 5.02 Å². The van der Waals surface area contributed by atoms with Crippen molar-refractivity contribution in [2.75, 3.05) is 12.8 Å². The topological polar surface area (TPSA) is 80.9 Å². The van der Waals surface area contributed by atoms with E-state index < -0.39 is 0 Å². The number of rotatable bonds is 3. The van der Waals surface area contributed by atoms with Crippen LogP contribution in [-0.2, 0) is 6.42 Å². The van der Waals surface area contributed by atoms with Crippen LogP contribution in [0.4, 0.5) is 5.82 Å². The third-order valence-electron chi connectivity index (χ3n) is 4.54. The maximum atomic E-state index is 12.1. The van der Waals surface area contributed by atoms with Crippen molar-refractivity contribution in [1.29, 1.82) is 0 Å². The molecule has 0 unspecified atom stereocenters. The number of nitrogens with one attached hydrogen (secondary N) is 1. The molecule has 1 amide bonds. The molecule has 0 bridgehead atoms. The fourth-order valence-corrected chi connectivity index (χ4v) is 3.20. The van der Waals surface area contributed by atoms with E-state index in [1.807, 2.05) is 32.0 Å². The summed E-state index contributed by atoms with van der Waals surface area (Å²) in [4.78, 5) is 20.9. The van der Waals surface area contributed by atoms with Crippen molar-refractivity contribution in [2.24, 2.45) is 0 Å². The number of nitrogens with two attached hydrogens (primary N) is 1. The molecule has 0 saturated heterocycles. The summed E-state index contributed by atoms with van der Waals surface area (Å²) >= 11 is 6.21. The monoisotopic (exact) mass is 404 g/mol. The largest absolute Gasteiger partial charge is 0.384 e. The molecule has 0 fully saturated rings. The van der Waals surface area contributed by atoms with Crippen LogP contribution in [0.15, 0.2) is 42.6 Å². The van der Waals surface area contributed by atoms with Crippen LogP contribution in [0.1, 0.15) is 39.8 Å². The molecule has 0 saturated carbocycles. The van der Waals surface area contributed by atoms with E-state index in [0.717, 1.165) is 40.1 Å². The summed E-state index contributed by atoms with van der Waals surface area (Å²) in [6.45, 7) is 3.91. The lowest BCUT2D eigenvalue weighted by molar-refractivity contribution is 0.0963. The summed E-state index contributed by atoms with van der Waals surface area (Å²) in [5.41, 5.74) is 11.2. The Bertz CT molecular complexity index is 1150. The van der Waals surface area contributed by atoms with Crippen LogP contribution in [0, 0.1) is 18.8 Å². The van der Waals surface area contributed by atoms with E-state index in [-0.39, 0.29) is 5.91 Å². The molecular weight excluding hydrogens is 384 g/mol. The highest BCUT2D eigenvalue weighted by molar-refractivity contribution is 6.34. The van der Waals surface area contributed by atoms with Crippen molar-refractivity contribution in [2.45, 2.75) is 20.3 Å². The van der Waals surface area contributed by atoms with Crippen molar-refractivity contribution >= 4 is 23.3 Å². The van der Waals surface area contributed by atoms with Gasteiger partial charge in [0.05, 0.1) is 27.5 Å². The first-order valence-electron chi connectivity index (χ1n) is 9.19. The number of carbonyl (C=O) groups excluding carboxylic acids is 1. The molecule has 0 radical (unpaired) electrons. The number of pyridine rings is 2. The summed E-state index contributed by atoms with van der Waals surface area (Å²) in [6.07, 6.45) is 2.48. The Hall–Kier alpha value is -3.36. The number of aryl methyl sites for hydroxylation is 2. The van der Waals surface area contributed by atoms with Crippen LogP contribution in [0.3, 0.4) is 0 Å². The van der Waals surface area contributed by atoms with Crippen LogP contribution in [-0.4, -0.2) is 22.9 Å². The summed E-state index contributed by atoms with van der Waals surface area (Å²) in [5.74, 6) is 6.67. The van der Waals surface area contributed by atoms with Crippen molar-refractivity contribution in [3.05, 3.63) is 75.7 Å². The summed E-state index contributed by atoms with van der Waals surface area (Å²) in [6, 6.07) is 10.9. The number of hydrogen-bond acceptors (Lipinski definition) is 4. The van der Waals surface area contributed by atoms with Gasteiger partial charge in [-0.05, 0) is 49.2 Å². The molecule has 5 nitrogen and oxygen atoms in total. The predicted octanol–water partition coefficient (Wildman–Crippen LogP) is 4.01. The molecule has 0 atom stereocenters. The lowest BCUT2D eigenvalue weighted by Gasteiger charge is -2.11. The van der Waals surface area contributed by atoms with Gasteiger partial charge in [0.2, 0.25) is 0 Å². The highest BCUT2D eigenvalue weighted by Gasteiger charge is 2.14. The lowest BCUT2D eigenvalue weighted by Crippen LogP contribution is -2.18. The number of amides is 1. The number of nitrogen functional groups attached to an aromatic ring is 1. The summed E-state index contributed by atoms with van der Waals surface area (Å²) < 4.78 is 0. The molecule has 146 valence electrons. The van der Waals surface area contributed by atoms with Gasteiger partial charge in [-0.15, -0.1) is 0 Å². The highest BCUT2D eigenvalue weighted by Crippen LogP contribution is 2.29. The Morgan fingerprint density at radius 2 is 2.00 bits per heavy atom. The predicted molar refractivity (Wildman–Crippen MR) is 117 cm³/mol. The smallest absolute Gasteiger partial charge is 0.252 e. The van der Waals surface area contributed by atoms with Crippen molar-refractivity contribution < 1.29 is 4.79 Å².